The molecule has 6 nitrogen and oxygen atoms in total. The summed E-state index contributed by atoms with van der Waals surface area (Å²) in [7, 11) is 0. The normalized spacial score (nSPS) is 10.8. The van der Waals surface area contributed by atoms with E-state index in [-0.39, 0.29) is 42.8 Å². The topological polar surface area (TPSA) is 86.2 Å². The van der Waals surface area contributed by atoms with Crippen LogP contribution in [0.2, 0.25) is 0 Å². The number of rotatable bonds is 2. The number of fused-ring (bicyclic) bond motifs is 2. The quantitative estimate of drug-likeness (QED) is 0.419. The molecule has 0 atom stereocenters. The molecule has 0 bridgehead atoms. The van der Waals surface area contributed by atoms with Gasteiger partial charge in [0.2, 0.25) is 11.8 Å². The smallest absolute Gasteiger partial charge is 1.00 e. The fourth-order valence-corrected chi connectivity index (χ4v) is 3.04. The zero-order chi connectivity index (χ0) is 19.1. The zero-order valence-electron chi connectivity index (χ0n) is 16.5. The maximum Gasteiger partial charge on any atom is 1.00 e. The van der Waals surface area contributed by atoms with Gasteiger partial charge in [-0.1, -0.05) is 24.3 Å². The summed E-state index contributed by atoms with van der Waals surface area (Å²) in [6.45, 7) is 0. The molecule has 3 aromatic carbocycles. The Morgan fingerprint density at radius 2 is 0.966 bits per heavy atom. The van der Waals surface area contributed by atoms with Crippen LogP contribution in [-0.4, -0.2) is 9.97 Å². The Kier molecular flexibility index (Phi) is 5.15. The van der Waals surface area contributed by atoms with Gasteiger partial charge in [0.15, 0.2) is 0 Å². The second kappa shape index (κ2) is 7.75. The molecule has 0 aliphatic heterocycles. The van der Waals surface area contributed by atoms with Crippen molar-refractivity contribution in [2.75, 3.05) is 0 Å². The Balaban J connectivity index is 0.00000128. The van der Waals surface area contributed by atoms with Gasteiger partial charge in [-0.15, -0.1) is 0 Å². The zero-order valence-corrected chi connectivity index (χ0v) is 17.5. The van der Waals surface area contributed by atoms with Crippen molar-refractivity contribution in [1.29, 1.82) is 0 Å². The summed E-state index contributed by atoms with van der Waals surface area (Å²) in [4.78, 5) is 33.1. The first-order valence-electron chi connectivity index (χ1n) is 8.60. The molecule has 136 valence electrons. The first-order valence-corrected chi connectivity index (χ1v) is 8.60. The van der Waals surface area contributed by atoms with Gasteiger partial charge in [-0.2, -0.15) is 0 Å². The molecule has 2 aromatic heterocycles. The summed E-state index contributed by atoms with van der Waals surface area (Å²) in [5.74, 6) is 0.450. The molecule has 7 heteroatoms. The van der Waals surface area contributed by atoms with Crippen molar-refractivity contribution >= 4 is 21.8 Å². The van der Waals surface area contributed by atoms with Crippen LogP contribution in [0.15, 0.2) is 91.2 Å². The van der Waals surface area contributed by atoms with Crippen LogP contribution in [0, 0.1) is 0 Å². The number of hydrogen-bond acceptors (Lipinski definition) is 6. The summed E-state index contributed by atoms with van der Waals surface area (Å²) in [6, 6.07) is 21.0. The summed E-state index contributed by atoms with van der Waals surface area (Å²) < 4.78 is 10.7. The molecule has 0 radical (unpaired) electrons. The van der Waals surface area contributed by atoms with Gasteiger partial charge in [0.1, 0.15) is 0 Å². The van der Waals surface area contributed by atoms with E-state index in [0.717, 1.165) is 0 Å². The molecule has 29 heavy (non-hydrogen) atoms. The minimum atomic E-state index is -0.438. The van der Waals surface area contributed by atoms with E-state index in [1.807, 2.05) is 12.1 Å². The maximum absolute atomic E-state index is 12.2. The number of hydrogen-bond donors (Lipinski definition) is 0. The fourth-order valence-electron chi connectivity index (χ4n) is 3.04. The number of nitrogens with zero attached hydrogens (tertiary/aromatic N) is 2. The van der Waals surface area contributed by atoms with Crippen molar-refractivity contribution < 1.29 is 39.8 Å². The Hall–Kier alpha value is -3.06. The first kappa shape index (κ1) is 19.3. The van der Waals surface area contributed by atoms with Gasteiger partial charge in [-0.3, -0.25) is 0 Å². The molecule has 2 heterocycles. The van der Waals surface area contributed by atoms with Gasteiger partial charge in [-0.25, -0.2) is 19.6 Å². The average Bonchev–Trinajstić information content (AvgIpc) is 2.74. The second-order valence-corrected chi connectivity index (χ2v) is 6.22. The van der Waals surface area contributed by atoms with E-state index in [1.54, 1.807) is 60.7 Å². The van der Waals surface area contributed by atoms with Crippen LogP contribution in [-0.2, 0) is 0 Å². The van der Waals surface area contributed by atoms with Crippen molar-refractivity contribution in [3.63, 3.8) is 0 Å². The molecule has 0 aliphatic carbocycles. The standard InChI is InChI=1S/C22H12N2O4.Na.H/c25-21-15-5-1-3-7-17(15)23-19(27-21)13-9-11-14(12-10-13)20-24-18-8-4-2-6-16(18)22(26)28-20;;/h1-12H;;/q;+1;-1. The van der Waals surface area contributed by atoms with Crippen LogP contribution in [0.5, 0.6) is 0 Å². The predicted octanol–water partition coefficient (Wildman–Crippen LogP) is 1.14. The summed E-state index contributed by atoms with van der Waals surface area (Å²) in [5, 5.41) is 0.870. The largest absolute Gasteiger partial charge is 1.00 e. The maximum atomic E-state index is 12.2. The van der Waals surface area contributed by atoms with Gasteiger partial charge < -0.3 is 10.3 Å². The SMILES string of the molecule is O=c1oc(-c2ccc(-c3nc4ccccc4c(=O)o3)cc2)nc2ccccc12.[H-].[Na+]. The van der Waals surface area contributed by atoms with Crippen LogP contribution in [0.3, 0.4) is 0 Å². The molecule has 0 aliphatic rings. The minimum absolute atomic E-state index is 0. The van der Waals surface area contributed by atoms with E-state index < -0.39 is 11.3 Å². The number of benzene rings is 3. The Morgan fingerprint density at radius 1 is 0.586 bits per heavy atom. The van der Waals surface area contributed by atoms with Crippen molar-refractivity contribution in [3.05, 3.63) is 93.6 Å². The molecule has 0 fully saturated rings. The summed E-state index contributed by atoms with van der Waals surface area (Å²) in [5.41, 5.74) is 1.53. The molecular formula is C22H13N2NaO4. The fraction of sp³-hybridized carbons (Fsp3) is 0. The third-order valence-corrected chi connectivity index (χ3v) is 4.45. The summed E-state index contributed by atoms with van der Waals surface area (Å²) >= 11 is 0. The van der Waals surface area contributed by atoms with Gasteiger partial charge in [-0.05, 0) is 48.5 Å². The van der Waals surface area contributed by atoms with Crippen LogP contribution >= 0.6 is 0 Å². The Bertz CT molecular complexity index is 1350. The van der Waals surface area contributed by atoms with E-state index in [4.69, 9.17) is 8.83 Å². The van der Waals surface area contributed by atoms with E-state index in [0.29, 0.717) is 32.9 Å². The van der Waals surface area contributed by atoms with Gasteiger partial charge in [0.25, 0.3) is 0 Å². The molecule has 0 amide bonds. The van der Waals surface area contributed by atoms with Crippen LogP contribution < -0.4 is 40.8 Å². The Labute approximate surface area is 187 Å². The van der Waals surface area contributed by atoms with Gasteiger partial charge in [0.05, 0.1) is 21.8 Å². The molecular weight excluding hydrogens is 379 g/mol. The number of para-hydroxylation sites is 2. The molecule has 0 saturated heterocycles. The third kappa shape index (κ3) is 3.53. The van der Waals surface area contributed by atoms with Crippen LogP contribution in [0.25, 0.3) is 44.7 Å². The van der Waals surface area contributed by atoms with Crippen molar-refractivity contribution in [2.45, 2.75) is 0 Å². The first-order chi connectivity index (χ1) is 13.7. The van der Waals surface area contributed by atoms with Crippen molar-refractivity contribution in [2.24, 2.45) is 0 Å². The Morgan fingerprint density at radius 3 is 1.38 bits per heavy atom. The van der Waals surface area contributed by atoms with Crippen LogP contribution in [0.1, 0.15) is 1.43 Å². The number of aromatic nitrogens is 2. The molecule has 0 saturated carbocycles. The van der Waals surface area contributed by atoms with E-state index in [1.165, 1.54) is 0 Å². The third-order valence-electron chi connectivity index (χ3n) is 4.45. The summed E-state index contributed by atoms with van der Waals surface area (Å²) in [6.07, 6.45) is 0. The molecule has 5 aromatic rings. The van der Waals surface area contributed by atoms with E-state index in [9.17, 15) is 9.59 Å². The molecule has 5 rings (SSSR count). The molecule has 0 N–H and O–H groups in total. The van der Waals surface area contributed by atoms with Crippen molar-refractivity contribution in [1.82, 2.24) is 9.97 Å². The van der Waals surface area contributed by atoms with E-state index >= 15 is 0 Å². The average molecular weight is 392 g/mol. The van der Waals surface area contributed by atoms with Gasteiger partial charge in [0, 0.05) is 11.1 Å². The monoisotopic (exact) mass is 392 g/mol. The predicted molar refractivity (Wildman–Crippen MR) is 106 cm³/mol. The molecule has 0 unspecified atom stereocenters. The second-order valence-electron chi connectivity index (χ2n) is 6.22. The van der Waals surface area contributed by atoms with Crippen molar-refractivity contribution in [3.8, 4) is 22.9 Å². The van der Waals surface area contributed by atoms with E-state index in [2.05, 4.69) is 9.97 Å². The minimum Gasteiger partial charge on any atom is -1.00 e. The van der Waals surface area contributed by atoms with Crippen LogP contribution in [0.4, 0.5) is 0 Å². The molecule has 0 spiro atoms. The van der Waals surface area contributed by atoms with Gasteiger partial charge >= 0.3 is 40.8 Å².